The van der Waals surface area contributed by atoms with Gasteiger partial charge in [-0.2, -0.15) is 0 Å². The van der Waals surface area contributed by atoms with Crippen LogP contribution in [0, 0.1) is 12.3 Å². The average molecular weight is 350 g/mol. The van der Waals surface area contributed by atoms with Crippen LogP contribution in [0.1, 0.15) is 44.7 Å². The maximum absolute atomic E-state index is 6.08. The molecule has 112 valence electrons. The molecule has 0 saturated heterocycles. The van der Waals surface area contributed by atoms with Crippen LogP contribution in [0.15, 0.2) is 16.6 Å². The van der Waals surface area contributed by atoms with Crippen LogP contribution >= 0.6 is 15.9 Å². The maximum Gasteiger partial charge on any atom is 0.182 e. The summed E-state index contributed by atoms with van der Waals surface area (Å²) < 4.78 is 2.93. The highest BCUT2D eigenvalue weighted by Gasteiger charge is 2.38. The fourth-order valence-corrected chi connectivity index (χ4v) is 3.75. The van der Waals surface area contributed by atoms with Gasteiger partial charge in [0, 0.05) is 15.7 Å². The van der Waals surface area contributed by atoms with Gasteiger partial charge in [0.2, 0.25) is 0 Å². The molecule has 1 unspecified atom stereocenters. The van der Waals surface area contributed by atoms with E-state index < -0.39 is 0 Å². The van der Waals surface area contributed by atoms with E-state index in [0.29, 0.717) is 6.04 Å². The highest BCUT2D eigenvalue weighted by atomic mass is 79.9. The van der Waals surface area contributed by atoms with Crippen molar-refractivity contribution in [3.8, 4) is 11.4 Å². The molecule has 1 fully saturated rings. The first-order chi connectivity index (χ1) is 9.90. The van der Waals surface area contributed by atoms with Gasteiger partial charge in [-0.15, -0.1) is 5.10 Å². The second kappa shape index (κ2) is 5.09. The fourth-order valence-electron chi connectivity index (χ4n) is 3.27. The Morgan fingerprint density at radius 2 is 2.14 bits per heavy atom. The molecule has 1 aliphatic rings. The topological polar surface area (TPSA) is 69.6 Å². The Kier molecular flexibility index (Phi) is 3.51. The van der Waals surface area contributed by atoms with Crippen molar-refractivity contribution in [3.05, 3.63) is 22.2 Å². The number of benzene rings is 1. The lowest BCUT2D eigenvalue weighted by atomic mass is 9.87. The van der Waals surface area contributed by atoms with Crippen molar-refractivity contribution in [3.63, 3.8) is 0 Å². The van der Waals surface area contributed by atoms with Crippen molar-refractivity contribution in [2.24, 2.45) is 5.41 Å². The molecular weight excluding hydrogens is 330 g/mol. The lowest BCUT2D eigenvalue weighted by Crippen LogP contribution is -2.23. The standard InChI is InChI=1S/C15H20BrN5/c1-9-11(7-10(16)8-12(9)17)14-18-19-20-21(14)13-5-4-6-15(13,2)3/h7-8,13H,4-6,17H2,1-3H3. The van der Waals surface area contributed by atoms with Crippen LogP contribution in [0.25, 0.3) is 11.4 Å². The van der Waals surface area contributed by atoms with E-state index in [1.54, 1.807) is 0 Å². The fraction of sp³-hybridized carbons (Fsp3) is 0.533. The van der Waals surface area contributed by atoms with E-state index in [1.165, 1.54) is 12.8 Å². The van der Waals surface area contributed by atoms with Crippen LogP contribution in [-0.4, -0.2) is 20.2 Å². The Balaban J connectivity index is 2.12. The Hall–Kier alpha value is -1.43. The molecule has 3 rings (SSSR count). The van der Waals surface area contributed by atoms with Crippen molar-refractivity contribution in [1.29, 1.82) is 0 Å². The molecule has 0 spiro atoms. The molecule has 1 aromatic carbocycles. The van der Waals surface area contributed by atoms with Gasteiger partial charge in [0.1, 0.15) is 0 Å². The van der Waals surface area contributed by atoms with Crippen molar-refractivity contribution in [2.45, 2.75) is 46.1 Å². The molecule has 1 saturated carbocycles. The second-order valence-corrected chi connectivity index (χ2v) is 7.43. The van der Waals surface area contributed by atoms with Crippen molar-refractivity contribution in [2.75, 3.05) is 5.73 Å². The van der Waals surface area contributed by atoms with Crippen LogP contribution in [0.2, 0.25) is 0 Å². The molecule has 0 bridgehead atoms. The molecule has 1 heterocycles. The summed E-state index contributed by atoms with van der Waals surface area (Å²) in [4.78, 5) is 0. The van der Waals surface area contributed by atoms with Gasteiger partial charge in [0.05, 0.1) is 6.04 Å². The van der Waals surface area contributed by atoms with Crippen LogP contribution < -0.4 is 5.73 Å². The largest absolute Gasteiger partial charge is 0.398 e. The normalized spacial score (nSPS) is 20.9. The van der Waals surface area contributed by atoms with E-state index in [9.17, 15) is 0 Å². The monoisotopic (exact) mass is 349 g/mol. The molecular formula is C15H20BrN5. The molecule has 1 aromatic heterocycles. The molecule has 0 amide bonds. The average Bonchev–Trinajstić information content (AvgIpc) is 2.99. The summed E-state index contributed by atoms with van der Waals surface area (Å²) >= 11 is 3.51. The number of nitrogen functional groups attached to an aromatic ring is 1. The summed E-state index contributed by atoms with van der Waals surface area (Å²) in [5.74, 6) is 0.806. The molecule has 1 atom stereocenters. The molecule has 0 aliphatic heterocycles. The minimum Gasteiger partial charge on any atom is -0.398 e. The van der Waals surface area contributed by atoms with E-state index >= 15 is 0 Å². The summed E-state index contributed by atoms with van der Waals surface area (Å²) in [5, 5.41) is 12.5. The first-order valence-electron chi connectivity index (χ1n) is 7.24. The Labute approximate surface area is 133 Å². The van der Waals surface area contributed by atoms with Crippen LogP contribution in [0.3, 0.4) is 0 Å². The number of hydrogen-bond donors (Lipinski definition) is 1. The number of aromatic nitrogens is 4. The highest BCUT2D eigenvalue weighted by Crippen LogP contribution is 2.46. The quantitative estimate of drug-likeness (QED) is 0.838. The van der Waals surface area contributed by atoms with Gasteiger partial charge in [0.25, 0.3) is 0 Å². The van der Waals surface area contributed by atoms with E-state index in [-0.39, 0.29) is 5.41 Å². The Morgan fingerprint density at radius 3 is 2.81 bits per heavy atom. The number of nitrogens with zero attached hydrogens (tertiary/aromatic N) is 4. The Morgan fingerprint density at radius 1 is 1.38 bits per heavy atom. The van der Waals surface area contributed by atoms with Gasteiger partial charge in [-0.3, -0.25) is 0 Å². The smallest absolute Gasteiger partial charge is 0.182 e. The van der Waals surface area contributed by atoms with Crippen LogP contribution in [0.5, 0.6) is 0 Å². The first-order valence-corrected chi connectivity index (χ1v) is 8.03. The maximum atomic E-state index is 6.08. The number of anilines is 1. The summed E-state index contributed by atoms with van der Waals surface area (Å²) in [7, 11) is 0. The summed E-state index contributed by atoms with van der Waals surface area (Å²) in [6.07, 6.45) is 3.54. The molecule has 6 heteroatoms. The summed E-state index contributed by atoms with van der Waals surface area (Å²) in [5.41, 5.74) is 9.06. The molecule has 5 nitrogen and oxygen atoms in total. The highest BCUT2D eigenvalue weighted by molar-refractivity contribution is 9.10. The number of rotatable bonds is 2. The molecule has 1 aliphatic carbocycles. The van der Waals surface area contributed by atoms with E-state index in [1.807, 2.05) is 23.7 Å². The lowest BCUT2D eigenvalue weighted by Gasteiger charge is -2.27. The number of nitrogens with two attached hydrogens (primary N) is 1. The predicted octanol–water partition coefficient (Wildman–Crippen LogP) is 3.74. The van der Waals surface area contributed by atoms with Gasteiger partial charge in [-0.1, -0.05) is 36.2 Å². The van der Waals surface area contributed by atoms with E-state index in [4.69, 9.17) is 5.73 Å². The van der Waals surface area contributed by atoms with Gasteiger partial charge in [-0.05, 0) is 53.3 Å². The molecule has 2 N–H and O–H groups in total. The molecule has 0 radical (unpaired) electrons. The lowest BCUT2D eigenvalue weighted by molar-refractivity contribution is 0.242. The van der Waals surface area contributed by atoms with E-state index in [0.717, 1.165) is 33.5 Å². The molecule has 2 aromatic rings. The Bertz CT molecular complexity index is 677. The number of hydrogen-bond acceptors (Lipinski definition) is 4. The minimum atomic E-state index is 0.218. The zero-order chi connectivity index (χ0) is 15.2. The second-order valence-electron chi connectivity index (χ2n) is 6.51. The summed E-state index contributed by atoms with van der Waals surface area (Å²) in [6.45, 7) is 6.59. The SMILES string of the molecule is Cc1c(N)cc(Br)cc1-c1nnnn1C1CCCC1(C)C. The van der Waals surface area contributed by atoms with Crippen molar-refractivity contribution >= 4 is 21.6 Å². The van der Waals surface area contributed by atoms with Crippen molar-refractivity contribution in [1.82, 2.24) is 20.2 Å². The van der Waals surface area contributed by atoms with Crippen LogP contribution in [0.4, 0.5) is 5.69 Å². The third kappa shape index (κ3) is 2.46. The number of tetrazole rings is 1. The number of halogens is 1. The zero-order valence-corrected chi connectivity index (χ0v) is 14.2. The third-order valence-corrected chi connectivity index (χ3v) is 5.10. The zero-order valence-electron chi connectivity index (χ0n) is 12.6. The summed E-state index contributed by atoms with van der Waals surface area (Å²) in [6, 6.07) is 4.28. The minimum absolute atomic E-state index is 0.218. The van der Waals surface area contributed by atoms with Gasteiger partial charge < -0.3 is 5.73 Å². The van der Waals surface area contributed by atoms with Gasteiger partial charge >= 0.3 is 0 Å². The molecule has 21 heavy (non-hydrogen) atoms. The van der Waals surface area contributed by atoms with Crippen molar-refractivity contribution < 1.29 is 0 Å². The third-order valence-electron chi connectivity index (χ3n) is 4.64. The van der Waals surface area contributed by atoms with Crippen LogP contribution in [-0.2, 0) is 0 Å². The predicted molar refractivity (Wildman–Crippen MR) is 86.8 cm³/mol. The van der Waals surface area contributed by atoms with Gasteiger partial charge in [-0.25, -0.2) is 4.68 Å². The van der Waals surface area contributed by atoms with Gasteiger partial charge in [0.15, 0.2) is 5.82 Å². The van der Waals surface area contributed by atoms with E-state index in [2.05, 4.69) is 45.3 Å². The first kappa shape index (κ1) is 14.5.